The summed E-state index contributed by atoms with van der Waals surface area (Å²) < 4.78 is 17.6. The maximum atomic E-state index is 13.3. The van der Waals surface area contributed by atoms with Crippen LogP contribution in [0, 0.1) is 0 Å². The number of nitrogens with one attached hydrogen (secondary N) is 1. The lowest BCUT2D eigenvalue weighted by Crippen LogP contribution is -2.46. The Bertz CT molecular complexity index is 1420. The minimum Gasteiger partial charge on any atom is -0.497 e. The fourth-order valence-corrected chi connectivity index (χ4v) is 3.32. The molecule has 1 N–H and O–H groups in total. The van der Waals surface area contributed by atoms with Gasteiger partial charge in [0.2, 0.25) is 5.69 Å². The highest BCUT2D eigenvalue weighted by Gasteiger charge is 2.21. The zero-order valence-corrected chi connectivity index (χ0v) is 18.6. The third-order valence-electron chi connectivity index (χ3n) is 5.05. The standard InChI is InChI=1S/C24H22N4O6/c1-32-18-8-3-6-16(12-18)15-27-23(30)21(22(29)25-14-20-10-5-11-34-20)26-28(24(27)31)17-7-4-9-19(13-17)33-2/h3-13H,14-15H2,1-2H3,(H,25,29). The molecule has 2 aromatic heterocycles. The molecular formula is C24H22N4O6. The topological polar surface area (TPSA) is 118 Å². The molecule has 0 aliphatic carbocycles. The van der Waals surface area contributed by atoms with E-state index in [0.717, 1.165) is 9.25 Å². The second-order valence-electron chi connectivity index (χ2n) is 7.25. The zero-order valence-electron chi connectivity index (χ0n) is 18.6. The Morgan fingerprint density at radius 1 is 1.00 bits per heavy atom. The molecule has 0 aliphatic heterocycles. The molecule has 0 radical (unpaired) electrons. The summed E-state index contributed by atoms with van der Waals surface area (Å²) in [7, 11) is 3.02. The summed E-state index contributed by atoms with van der Waals surface area (Å²) in [4.78, 5) is 39.4. The zero-order chi connectivity index (χ0) is 24.1. The normalized spacial score (nSPS) is 10.6. The summed E-state index contributed by atoms with van der Waals surface area (Å²) in [5.41, 5.74) is -0.975. The van der Waals surface area contributed by atoms with Crippen molar-refractivity contribution in [2.75, 3.05) is 14.2 Å². The van der Waals surface area contributed by atoms with Crippen molar-refractivity contribution in [2.24, 2.45) is 0 Å². The molecule has 0 unspecified atom stereocenters. The monoisotopic (exact) mass is 462 g/mol. The first-order valence-corrected chi connectivity index (χ1v) is 10.3. The number of carbonyl (C=O) groups is 1. The average Bonchev–Trinajstić information content (AvgIpc) is 3.39. The van der Waals surface area contributed by atoms with Crippen molar-refractivity contribution in [1.29, 1.82) is 0 Å². The molecule has 2 heterocycles. The second kappa shape index (κ2) is 9.90. The number of rotatable bonds is 8. The largest absolute Gasteiger partial charge is 0.497 e. The van der Waals surface area contributed by atoms with Gasteiger partial charge in [-0.1, -0.05) is 18.2 Å². The number of ether oxygens (including phenoxy) is 2. The van der Waals surface area contributed by atoms with Crippen molar-refractivity contribution in [2.45, 2.75) is 13.1 Å². The van der Waals surface area contributed by atoms with Gasteiger partial charge in [-0.2, -0.15) is 9.78 Å². The number of amides is 1. The highest BCUT2D eigenvalue weighted by atomic mass is 16.5. The van der Waals surface area contributed by atoms with Gasteiger partial charge in [0.05, 0.1) is 39.3 Å². The van der Waals surface area contributed by atoms with Crippen molar-refractivity contribution in [3.63, 3.8) is 0 Å². The SMILES string of the molecule is COc1cccc(Cn2c(=O)c(C(=O)NCc3ccco3)nn(-c3cccc(OC)c3)c2=O)c1. The van der Waals surface area contributed by atoms with Crippen LogP contribution < -0.4 is 26.0 Å². The van der Waals surface area contributed by atoms with Gasteiger partial charge in [0.25, 0.3) is 11.5 Å². The molecule has 174 valence electrons. The average molecular weight is 462 g/mol. The van der Waals surface area contributed by atoms with E-state index >= 15 is 0 Å². The molecule has 4 rings (SSSR count). The first-order valence-electron chi connectivity index (χ1n) is 10.3. The van der Waals surface area contributed by atoms with Gasteiger partial charge in [0, 0.05) is 6.07 Å². The fraction of sp³-hybridized carbons (Fsp3) is 0.167. The van der Waals surface area contributed by atoms with E-state index in [4.69, 9.17) is 13.9 Å². The second-order valence-corrected chi connectivity index (χ2v) is 7.25. The molecule has 34 heavy (non-hydrogen) atoms. The van der Waals surface area contributed by atoms with Crippen molar-refractivity contribution in [3.05, 3.63) is 105 Å². The Morgan fingerprint density at radius 3 is 2.44 bits per heavy atom. The van der Waals surface area contributed by atoms with Gasteiger partial charge in [0.15, 0.2) is 0 Å². The smallest absolute Gasteiger partial charge is 0.352 e. The molecule has 0 fully saturated rings. The van der Waals surface area contributed by atoms with Gasteiger partial charge in [0.1, 0.15) is 17.3 Å². The summed E-state index contributed by atoms with van der Waals surface area (Å²) in [6.45, 7) is -0.0268. The van der Waals surface area contributed by atoms with Crippen LogP contribution >= 0.6 is 0 Å². The van der Waals surface area contributed by atoms with Gasteiger partial charge in [-0.05, 0) is 42.0 Å². The van der Waals surface area contributed by atoms with Gasteiger partial charge < -0.3 is 19.2 Å². The van der Waals surface area contributed by atoms with E-state index in [-0.39, 0.29) is 13.1 Å². The van der Waals surface area contributed by atoms with Crippen molar-refractivity contribution in [3.8, 4) is 17.2 Å². The van der Waals surface area contributed by atoms with Crippen LogP contribution in [-0.4, -0.2) is 34.5 Å². The number of furan rings is 1. The molecule has 4 aromatic rings. The van der Waals surface area contributed by atoms with E-state index in [9.17, 15) is 14.4 Å². The van der Waals surface area contributed by atoms with Crippen LogP contribution in [0.2, 0.25) is 0 Å². The Hall–Kier alpha value is -4.60. The summed E-state index contributed by atoms with van der Waals surface area (Å²) in [5.74, 6) is 0.827. The fourth-order valence-electron chi connectivity index (χ4n) is 3.32. The van der Waals surface area contributed by atoms with Crippen LogP contribution in [0.1, 0.15) is 21.8 Å². The lowest BCUT2D eigenvalue weighted by Gasteiger charge is -2.13. The summed E-state index contributed by atoms with van der Waals surface area (Å²) in [6, 6.07) is 16.9. The Balaban J connectivity index is 1.81. The van der Waals surface area contributed by atoms with Gasteiger partial charge >= 0.3 is 5.69 Å². The van der Waals surface area contributed by atoms with Gasteiger partial charge in [-0.3, -0.25) is 14.2 Å². The van der Waals surface area contributed by atoms with Crippen LogP contribution in [0.4, 0.5) is 0 Å². The number of nitrogens with zero attached hydrogens (tertiary/aromatic N) is 3. The number of benzene rings is 2. The van der Waals surface area contributed by atoms with Crippen LogP contribution in [0.15, 0.2) is 80.9 Å². The minimum absolute atomic E-state index is 0.0567. The molecule has 2 aromatic carbocycles. The highest BCUT2D eigenvalue weighted by Crippen LogP contribution is 2.15. The van der Waals surface area contributed by atoms with E-state index in [1.165, 1.54) is 20.5 Å². The first kappa shape index (κ1) is 22.6. The molecule has 0 saturated heterocycles. The van der Waals surface area contributed by atoms with Crippen LogP contribution in [0.5, 0.6) is 11.5 Å². The van der Waals surface area contributed by atoms with E-state index in [1.807, 2.05) is 0 Å². The summed E-state index contributed by atoms with van der Waals surface area (Å²) >= 11 is 0. The van der Waals surface area contributed by atoms with Crippen molar-refractivity contribution >= 4 is 5.91 Å². The van der Waals surface area contributed by atoms with Crippen LogP contribution in [0.25, 0.3) is 5.69 Å². The lowest BCUT2D eigenvalue weighted by atomic mass is 10.2. The molecule has 1 amide bonds. The molecule has 0 aliphatic rings. The predicted molar refractivity (Wildman–Crippen MR) is 123 cm³/mol. The maximum Gasteiger partial charge on any atom is 0.352 e. The Labute approximate surface area is 194 Å². The molecular weight excluding hydrogens is 440 g/mol. The number of aromatic nitrogens is 3. The summed E-state index contributed by atoms with van der Waals surface area (Å²) in [5, 5.41) is 6.70. The number of hydrogen-bond acceptors (Lipinski definition) is 7. The molecule has 10 heteroatoms. The third kappa shape index (κ3) is 4.75. The van der Waals surface area contributed by atoms with Crippen molar-refractivity contribution < 1.29 is 18.7 Å². The highest BCUT2D eigenvalue weighted by molar-refractivity contribution is 5.91. The molecule has 0 bridgehead atoms. The Morgan fingerprint density at radius 2 is 1.74 bits per heavy atom. The quantitative estimate of drug-likeness (QED) is 0.425. The van der Waals surface area contributed by atoms with Gasteiger partial charge in [-0.25, -0.2) is 4.79 Å². The van der Waals surface area contributed by atoms with E-state index in [0.29, 0.717) is 28.5 Å². The van der Waals surface area contributed by atoms with Gasteiger partial charge in [-0.15, -0.1) is 0 Å². The third-order valence-corrected chi connectivity index (χ3v) is 5.05. The van der Waals surface area contributed by atoms with Crippen LogP contribution in [-0.2, 0) is 13.1 Å². The van der Waals surface area contributed by atoms with E-state index in [2.05, 4.69) is 10.4 Å². The number of hydrogen-bond donors (Lipinski definition) is 1. The lowest BCUT2D eigenvalue weighted by molar-refractivity contribution is 0.0938. The molecule has 0 atom stereocenters. The molecule has 10 nitrogen and oxygen atoms in total. The first-order chi connectivity index (χ1) is 16.5. The minimum atomic E-state index is -0.816. The number of methoxy groups -OCH3 is 2. The van der Waals surface area contributed by atoms with Crippen LogP contribution in [0.3, 0.4) is 0 Å². The predicted octanol–water partition coefficient (Wildman–Crippen LogP) is 1.98. The van der Waals surface area contributed by atoms with E-state index in [1.54, 1.807) is 60.7 Å². The molecule has 0 saturated carbocycles. The summed E-state index contributed by atoms with van der Waals surface area (Å²) in [6.07, 6.45) is 1.48. The Kier molecular flexibility index (Phi) is 6.58. The van der Waals surface area contributed by atoms with Crippen molar-refractivity contribution in [1.82, 2.24) is 19.7 Å². The number of carbonyl (C=O) groups excluding carboxylic acids is 1. The molecule has 0 spiro atoms. The maximum absolute atomic E-state index is 13.3. The van der Waals surface area contributed by atoms with E-state index < -0.39 is 22.9 Å².